The molecule has 1 aliphatic carbocycles. The van der Waals surface area contributed by atoms with Gasteiger partial charge in [-0.05, 0) is 30.9 Å². The number of nitrogens with zero attached hydrogens (tertiary/aromatic N) is 2. The lowest BCUT2D eigenvalue weighted by molar-refractivity contribution is 0.771. The first kappa shape index (κ1) is 13.9. The molecule has 3 rings (SSSR count). The van der Waals surface area contributed by atoms with E-state index < -0.39 is 0 Å². The molecule has 1 aromatic carbocycles. The van der Waals surface area contributed by atoms with E-state index in [1.807, 2.05) is 0 Å². The largest absolute Gasteiger partial charge is 0.338 e. The number of anilines is 2. The van der Waals surface area contributed by atoms with Crippen LogP contribution in [0.4, 0.5) is 11.5 Å². The molecule has 1 fully saturated rings. The lowest BCUT2D eigenvalue weighted by atomic mass is 10.3. The summed E-state index contributed by atoms with van der Waals surface area (Å²) in [6.07, 6.45) is 3.36. The minimum Gasteiger partial charge on any atom is -0.338 e. The fourth-order valence-corrected chi connectivity index (χ4v) is 2.64. The monoisotopic (exact) mass is 327 g/mol. The zero-order chi connectivity index (χ0) is 14.1. The van der Waals surface area contributed by atoms with Crippen LogP contribution in [-0.4, -0.2) is 9.97 Å². The smallest absolute Gasteiger partial charge is 0.135 e. The molecule has 0 unspecified atom stereocenters. The summed E-state index contributed by atoms with van der Waals surface area (Å²) in [7, 11) is 0. The number of benzene rings is 1. The Bertz CT molecular complexity index is 621. The molecule has 1 N–H and O–H groups in total. The molecule has 6 heteroatoms. The van der Waals surface area contributed by atoms with Crippen molar-refractivity contribution < 1.29 is 0 Å². The van der Waals surface area contributed by atoms with Crippen molar-refractivity contribution in [1.82, 2.24) is 9.97 Å². The molecule has 1 heterocycles. The number of hydrogen-bond acceptors (Lipinski definition) is 3. The van der Waals surface area contributed by atoms with E-state index >= 15 is 0 Å². The molecule has 0 spiro atoms. The van der Waals surface area contributed by atoms with E-state index in [0.29, 0.717) is 32.6 Å². The summed E-state index contributed by atoms with van der Waals surface area (Å²) >= 11 is 18.3. The highest BCUT2D eigenvalue weighted by Gasteiger charge is 2.23. The van der Waals surface area contributed by atoms with Crippen molar-refractivity contribution in [1.29, 1.82) is 0 Å². The first-order valence-electron chi connectivity index (χ1n) is 6.36. The van der Waals surface area contributed by atoms with Gasteiger partial charge >= 0.3 is 0 Å². The maximum absolute atomic E-state index is 6.13. The average molecular weight is 329 g/mol. The second kappa shape index (κ2) is 5.76. The Morgan fingerprint density at radius 1 is 1.10 bits per heavy atom. The summed E-state index contributed by atoms with van der Waals surface area (Å²) in [5.74, 6) is 2.06. The van der Waals surface area contributed by atoms with Crippen LogP contribution in [0.5, 0.6) is 0 Å². The second-order valence-electron chi connectivity index (χ2n) is 4.86. The van der Waals surface area contributed by atoms with Gasteiger partial charge < -0.3 is 5.32 Å². The Labute approximate surface area is 132 Å². The van der Waals surface area contributed by atoms with Gasteiger partial charge in [0.1, 0.15) is 16.8 Å². The molecule has 0 aliphatic heterocycles. The van der Waals surface area contributed by atoms with Crippen LogP contribution in [0.2, 0.25) is 15.2 Å². The van der Waals surface area contributed by atoms with Crippen LogP contribution in [0.3, 0.4) is 0 Å². The first-order valence-corrected chi connectivity index (χ1v) is 7.49. The molecule has 104 valence electrons. The van der Waals surface area contributed by atoms with Crippen molar-refractivity contribution >= 4 is 46.3 Å². The number of aromatic nitrogens is 2. The van der Waals surface area contributed by atoms with Crippen LogP contribution in [0, 0.1) is 5.92 Å². The maximum atomic E-state index is 6.13. The third kappa shape index (κ3) is 3.35. The summed E-state index contributed by atoms with van der Waals surface area (Å²) in [4.78, 5) is 8.72. The van der Waals surface area contributed by atoms with Gasteiger partial charge in [-0.25, -0.2) is 9.97 Å². The fraction of sp³-hybridized carbons (Fsp3) is 0.286. The highest BCUT2D eigenvalue weighted by Crippen LogP contribution is 2.34. The predicted octanol–water partition coefficient (Wildman–Crippen LogP) is 5.13. The molecule has 1 saturated carbocycles. The van der Waals surface area contributed by atoms with Gasteiger partial charge in [-0.15, -0.1) is 0 Å². The molecule has 0 amide bonds. The minimum atomic E-state index is 0.418. The van der Waals surface area contributed by atoms with Crippen molar-refractivity contribution in [3.63, 3.8) is 0 Å². The Morgan fingerprint density at radius 3 is 2.45 bits per heavy atom. The molecule has 1 aromatic heterocycles. The molecule has 0 atom stereocenters. The highest BCUT2D eigenvalue weighted by atomic mass is 35.5. The number of halogens is 3. The number of nitrogens with one attached hydrogen (secondary N) is 1. The molecular weight excluding hydrogens is 317 g/mol. The standard InChI is InChI=1S/C14H12Cl3N3/c15-9-2-1-3-10(16)14(9)20-13-7-11(17)18-12(19-13)6-8-4-5-8/h1-3,7-8H,4-6H2,(H,18,19,20). The molecule has 3 nitrogen and oxygen atoms in total. The fourth-order valence-electron chi connectivity index (χ4n) is 1.95. The molecule has 0 radical (unpaired) electrons. The van der Waals surface area contributed by atoms with Gasteiger partial charge in [0.15, 0.2) is 0 Å². The van der Waals surface area contributed by atoms with Crippen LogP contribution >= 0.6 is 34.8 Å². The Balaban J connectivity index is 1.87. The summed E-state index contributed by atoms with van der Waals surface area (Å²) in [6, 6.07) is 6.99. The van der Waals surface area contributed by atoms with Crippen LogP contribution in [-0.2, 0) is 6.42 Å². The van der Waals surface area contributed by atoms with Gasteiger partial charge in [0.05, 0.1) is 15.7 Å². The van der Waals surface area contributed by atoms with E-state index in [4.69, 9.17) is 34.8 Å². The van der Waals surface area contributed by atoms with E-state index in [2.05, 4.69) is 15.3 Å². The van der Waals surface area contributed by atoms with Gasteiger partial charge in [0.2, 0.25) is 0 Å². The summed E-state index contributed by atoms with van der Waals surface area (Å²) in [5, 5.41) is 4.61. The van der Waals surface area contributed by atoms with Crippen LogP contribution in [0.25, 0.3) is 0 Å². The van der Waals surface area contributed by atoms with Crippen LogP contribution in [0.15, 0.2) is 24.3 Å². The van der Waals surface area contributed by atoms with E-state index in [1.54, 1.807) is 24.3 Å². The van der Waals surface area contributed by atoms with E-state index in [1.165, 1.54) is 12.8 Å². The van der Waals surface area contributed by atoms with Gasteiger partial charge in [-0.2, -0.15) is 0 Å². The third-order valence-corrected chi connectivity index (χ3v) is 3.95. The lowest BCUT2D eigenvalue weighted by Crippen LogP contribution is -2.02. The average Bonchev–Trinajstić information content (AvgIpc) is 3.17. The lowest BCUT2D eigenvalue weighted by Gasteiger charge is -2.10. The molecule has 20 heavy (non-hydrogen) atoms. The summed E-state index contributed by atoms with van der Waals surface area (Å²) < 4.78 is 0. The van der Waals surface area contributed by atoms with Crippen molar-refractivity contribution in [2.45, 2.75) is 19.3 Å². The molecule has 1 aliphatic rings. The number of para-hydroxylation sites is 1. The van der Waals surface area contributed by atoms with Crippen molar-refractivity contribution in [2.75, 3.05) is 5.32 Å². The molecular formula is C14H12Cl3N3. The molecule has 0 bridgehead atoms. The van der Waals surface area contributed by atoms with Gasteiger partial charge in [-0.3, -0.25) is 0 Å². The van der Waals surface area contributed by atoms with Crippen molar-refractivity contribution in [3.8, 4) is 0 Å². The van der Waals surface area contributed by atoms with Gasteiger partial charge in [0.25, 0.3) is 0 Å². The predicted molar refractivity (Wildman–Crippen MR) is 83.2 cm³/mol. The topological polar surface area (TPSA) is 37.8 Å². The number of hydrogen-bond donors (Lipinski definition) is 1. The van der Waals surface area contributed by atoms with Gasteiger partial charge in [0, 0.05) is 12.5 Å². The second-order valence-corrected chi connectivity index (χ2v) is 6.06. The van der Waals surface area contributed by atoms with E-state index in [9.17, 15) is 0 Å². The third-order valence-electron chi connectivity index (χ3n) is 3.13. The Kier molecular flexibility index (Phi) is 4.01. The van der Waals surface area contributed by atoms with Crippen molar-refractivity contribution in [2.24, 2.45) is 5.92 Å². The van der Waals surface area contributed by atoms with Crippen molar-refractivity contribution in [3.05, 3.63) is 45.3 Å². The SMILES string of the molecule is Clc1cc(Nc2c(Cl)cccc2Cl)nc(CC2CC2)n1. The molecule has 2 aromatic rings. The highest BCUT2D eigenvalue weighted by molar-refractivity contribution is 6.39. The van der Waals surface area contributed by atoms with Crippen LogP contribution < -0.4 is 5.32 Å². The minimum absolute atomic E-state index is 0.418. The first-order chi connectivity index (χ1) is 9.61. The normalized spacial score (nSPS) is 14.3. The Hall–Kier alpha value is -1.03. The van der Waals surface area contributed by atoms with Gasteiger partial charge in [-0.1, -0.05) is 40.9 Å². The number of rotatable bonds is 4. The zero-order valence-corrected chi connectivity index (χ0v) is 12.8. The van der Waals surface area contributed by atoms with E-state index in [0.717, 1.165) is 12.2 Å². The maximum Gasteiger partial charge on any atom is 0.135 e. The Morgan fingerprint density at radius 2 is 1.80 bits per heavy atom. The quantitative estimate of drug-likeness (QED) is 0.790. The zero-order valence-electron chi connectivity index (χ0n) is 10.5. The van der Waals surface area contributed by atoms with E-state index in [-0.39, 0.29) is 0 Å². The molecule has 0 saturated heterocycles. The summed E-state index contributed by atoms with van der Waals surface area (Å²) in [6.45, 7) is 0. The summed E-state index contributed by atoms with van der Waals surface area (Å²) in [5.41, 5.74) is 0.628. The van der Waals surface area contributed by atoms with Crippen LogP contribution in [0.1, 0.15) is 18.7 Å².